The van der Waals surface area contributed by atoms with E-state index < -0.39 is 11.2 Å². The molecule has 2 aromatic heterocycles. The quantitative estimate of drug-likeness (QED) is 0.708. The summed E-state index contributed by atoms with van der Waals surface area (Å²) in [4.78, 5) is 29.5. The van der Waals surface area contributed by atoms with E-state index in [1.54, 1.807) is 36.5 Å². The summed E-state index contributed by atoms with van der Waals surface area (Å²) in [6.45, 7) is 0. The molecule has 3 aromatic rings. The summed E-state index contributed by atoms with van der Waals surface area (Å²) in [7, 11) is 0. The number of hydrogen-bond donors (Lipinski definition) is 1. The Hall–Kier alpha value is -3.20. The molecule has 0 atom stereocenters. The number of hydrogen-bond acceptors (Lipinski definition) is 4. The predicted octanol–water partition coefficient (Wildman–Crippen LogP) is 0.946. The molecule has 2 heterocycles. The lowest BCUT2D eigenvalue weighted by Gasteiger charge is -2.06. The van der Waals surface area contributed by atoms with Gasteiger partial charge in [-0.3, -0.25) is 19.3 Å². The molecule has 0 spiro atoms. The number of fused-ring (bicyclic) bond motifs is 1. The number of H-pyrrole nitrogens is 1. The van der Waals surface area contributed by atoms with Crippen LogP contribution in [0.5, 0.6) is 0 Å². The summed E-state index contributed by atoms with van der Waals surface area (Å²) in [6, 6.07) is 10.7. The summed E-state index contributed by atoms with van der Waals surface area (Å²) in [5.41, 5.74) is -0.0261. The van der Waals surface area contributed by atoms with E-state index in [9.17, 15) is 9.59 Å². The number of aromatic amines is 1. The smallest absolute Gasteiger partial charge is 0.273 e. The van der Waals surface area contributed by atoms with E-state index in [1.807, 2.05) is 6.07 Å². The number of rotatable bonds is 1. The predicted molar refractivity (Wildman–Crippen MR) is 72.7 cm³/mol. The first-order valence-corrected chi connectivity index (χ1v) is 5.80. The number of benzene rings is 1. The lowest BCUT2D eigenvalue weighted by molar-refractivity contribution is 0.890. The molecular weight excluding hydrogens is 256 g/mol. The van der Waals surface area contributed by atoms with Gasteiger partial charge in [0.2, 0.25) is 0 Å². The molecule has 1 aromatic carbocycles. The largest absolute Gasteiger partial charge is 0.332 e. The van der Waals surface area contributed by atoms with Crippen LogP contribution in [0.1, 0.15) is 5.56 Å². The Morgan fingerprint density at radius 2 is 2.10 bits per heavy atom. The van der Waals surface area contributed by atoms with Gasteiger partial charge in [-0.15, -0.1) is 0 Å². The Balaban J connectivity index is 2.28. The van der Waals surface area contributed by atoms with Crippen molar-refractivity contribution in [3.8, 4) is 11.8 Å². The van der Waals surface area contributed by atoms with Gasteiger partial charge in [0.1, 0.15) is 11.6 Å². The van der Waals surface area contributed by atoms with E-state index >= 15 is 0 Å². The van der Waals surface area contributed by atoms with Crippen molar-refractivity contribution in [3.05, 3.63) is 69.1 Å². The number of nitriles is 1. The number of nitrogens with one attached hydrogen (secondary N) is 1. The molecule has 0 radical (unpaired) electrons. The van der Waals surface area contributed by atoms with E-state index in [4.69, 9.17) is 5.26 Å². The summed E-state index contributed by atoms with van der Waals surface area (Å²) in [5, 5.41) is 9.72. The van der Waals surface area contributed by atoms with Crippen LogP contribution in [0.3, 0.4) is 0 Å². The molecule has 0 aliphatic heterocycles. The SMILES string of the molecule is N#Cc1cn(-c2ccc3ncccc3c2)c(=O)[nH]c1=O. The van der Waals surface area contributed by atoms with Gasteiger partial charge in [0.05, 0.1) is 11.2 Å². The molecule has 0 amide bonds. The fourth-order valence-electron chi connectivity index (χ4n) is 1.96. The van der Waals surface area contributed by atoms with Gasteiger partial charge in [0.15, 0.2) is 0 Å². The molecule has 0 bridgehead atoms. The summed E-state index contributed by atoms with van der Waals surface area (Å²) in [5.74, 6) is 0. The molecule has 0 fully saturated rings. The first-order chi connectivity index (χ1) is 9.69. The zero-order chi connectivity index (χ0) is 14.1. The van der Waals surface area contributed by atoms with E-state index in [0.717, 1.165) is 10.9 Å². The molecule has 0 saturated heterocycles. The molecular formula is C14H8N4O2. The van der Waals surface area contributed by atoms with Crippen molar-refractivity contribution in [3.63, 3.8) is 0 Å². The second-order valence-corrected chi connectivity index (χ2v) is 4.16. The van der Waals surface area contributed by atoms with Gasteiger partial charge < -0.3 is 0 Å². The molecule has 0 unspecified atom stereocenters. The maximum absolute atomic E-state index is 11.8. The molecule has 0 saturated carbocycles. The van der Waals surface area contributed by atoms with Crippen molar-refractivity contribution in [2.24, 2.45) is 0 Å². The van der Waals surface area contributed by atoms with Gasteiger partial charge in [-0.2, -0.15) is 5.26 Å². The Morgan fingerprint density at radius 1 is 1.25 bits per heavy atom. The van der Waals surface area contributed by atoms with Crippen molar-refractivity contribution >= 4 is 10.9 Å². The average molecular weight is 264 g/mol. The Labute approximate surface area is 112 Å². The Morgan fingerprint density at radius 3 is 2.90 bits per heavy atom. The first-order valence-electron chi connectivity index (χ1n) is 5.80. The van der Waals surface area contributed by atoms with E-state index in [-0.39, 0.29) is 5.56 Å². The third-order valence-electron chi connectivity index (χ3n) is 2.93. The number of nitrogens with zero attached hydrogens (tertiary/aromatic N) is 3. The molecule has 6 heteroatoms. The van der Waals surface area contributed by atoms with Gasteiger partial charge in [0.25, 0.3) is 5.56 Å². The van der Waals surface area contributed by atoms with E-state index in [2.05, 4.69) is 9.97 Å². The van der Waals surface area contributed by atoms with Crippen LogP contribution >= 0.6 is 0 Å². The fraction of sp³-hybridized carbons (Fsp3) is 0. The molecule has 96 valence electrons. The zero-order valence-electron chi connectivity index (χ0n) is 10.2. The van der Waals surface area contributed by atoms with Gasteiger partial charge in [-0.25, -0.2) is 4.79 Å². The van der Waals surface area contributed by atoms with Crippen molar-refractivity contribution in [2.75, 3.05) is 0 Å². The summed E-state index contributed by atoms with van der Waals surface area (Å²) in [6.07, 6.45) is 2.92. The second-order valence-electron chi connectivity index (χ2n) is 4.16. The van der Waals surface area contributed by atoms with Gasteiger partial charge in [-0.1, -0.05) is 6.07 Å². The zero-order valence-corrected chi connectivity index (χ0v) is 10.2. The summed E-state index contributed by atoms with van der Waals surface area (Å²) >= 11 is 0. The van der Waals surface area contributed by atoms with Crippen molar-refractivity contribution < 1.29 is 0 Å². The highest BCUT2D eigenvalue weighted by molar-refractivity contribution is 5.80. The highest BCUT2D eigenvalue weighted by Gasteiger charge is 2.06. The molecule has 6 nitrogen and oxygen atoms in total. The maximum Gasteiger partial charge on any atom is 0.332 e. The minimum Gasteiger partial charge on any atom is -0.273 e. The monoisotopic (exact) mass is 264 g/mol. The second kappa shape index (κ2) is 4.48. The van der Waals surface area contributed by atoms with Crippen molar-refractivity contribution in [1.82, 2.24) is 14.5 Å². The molecule has 0 aliphatic rings. The highest BCUT2D eigenvalue weighted by atomic mass is 16.2. The normalized spacial score (nSPS) is 10.3. The number of pyridine rings is 1. The maximum atomic E-state index is 11.8. The summed E-state index contributed by atoms with van der Waals surface area (Å²) < 4.78 is 1.23. The van der Waals surface area contributed by atoms with Crippen LogP contribution in [0.15, 0.2) is 52.3 Å². The van der Waals surface area contributed by atoms with Crippen LogP contribution in [0.4, 0.5) is 0 Å². The third-order valence-corrected chi connectivity index (χ3v) is 2.93. The minimum absolute atomic E-state index is 0.115. The molecule has 0 aliphatic carbocycles. The van der Waals surface area contributed by atoms with Crippen LogP contribution in [0.2, 0.25) is 0 Å². The standard InChI is InChI=1S/C14H8N4O2/c15-7-10-8-18(14(20)17-13(10)19)11-3-4-12-9(6-11)2-1-5-16-12/h1-6,8H,(H,17,19,20). The lowest BCUT2D eigenvalue weighted by atomic mass is 10.2. The van der Waals surface area contributed by atoms with Gasteiger partial charge in [0, 0.05) is 17.8 Å². The van der Waals surface area contributed by atoms with Crippen LogP contribution in [-0.2, 0) is 0 Å². The fourth-order valence-corrected chi connectivity index (χ4v) is 1.96. The highest BCUT2D eigenvalue weighted by Crippen LogP contribution is 2.15. The van der Waals surface area contributed by atoms with E-state index in [1.165, 1.54) is 10.8 Å². The Kier molecular flexibility index (Phi) is 2.66. The van der Waals surface area contributed by atoms with Crippen LogP contribution in [0, 0.1) is 11.3 Å². The number of aromatic nitrogens is 3. The van der Waals surface area contributed by atoms with Crippen molar-refractivity contribution in [1.29, 1.82) is 5.26 Å². The topological polar surface area (TPSA) is 91.5 Å². The third kappa shape index (κ3) is 1.87. The minimum atomic E-state index is -0.684. The molecule has 20 heavy (non-hydrogen) atoms. The van der Waals surface area contributed by atoms with E-state index in [0.29, 0.717) is 5.69 Å². The first kappa shape index (κ1) is 11.9. The Bertz CT molecular complexity index is 963. The van der Waals surface area contributed by atoms with Crippen LogP contribution in [0.25, 0.3) is 16.6 Å². The average Bonchev–Trinajstić information content (AvgIpc) is 2.47. The molecule has 3 rings (SSSR count). The van der Waals surface area contributed by atoms with Crippen LogP contribution in [-0.4, -0.2) is 14.5 Å². The molecule has 1 N–H and O–H groups in total. The lowest BCUT2D eigenvalue weighted by Crippen LogP contribution is -2.30. The van der Waals surface area contributed by atoms with Crippen molar-refractivity contribution in [2.45, 2.75) is 0 Å². The van der Waals surface area contributed by atoms with Gasteiger partial charge in [-0.05, 0) is 24.3 Å². The van der Waals surface area contributed by atoms with Crippen LogP contribution < -0.4 is 11.2 Å². The van der Waals surface area contributed by atoms with Gasteiger partial charge >= 0.3 is 5.69 Å².